The lowest BCUT2D eigenvalue weighted by Crippen LogP contribution is -2.24. The number of nitrogens with one attached hydrogen (secondary N) is 1. The van der Waals surface area contributed by atoms with Crippen LogP contribution < -0.4 is 15.2 Å². The van der Waals surface area contributed by atoms with Gasteiger partial charge in [0.05, 0.1) is 9.77 Å². The minimum absolute atomic E-state index is 0.0759. The molecule has 0 spiro atoms. The van der Waals surface area contributed by atoms with E-state index in [0.717, 1.165) is 27.3 Å². The molecule has 1 aromatic heterocycles. The molecule has 0 atom stereocenters. The SMILES string of the molecule is NS(=O)(=O)c1ccc(CCNC(=O)c2cc3c(s2)-c2ccccc2OC3)cc1. The Morgan fingerprint density at radius 3 is 2.64 bits per heavy atom. The largest absolute Gasteiger partial charge is 0.488 e. The molecule has 6 nitrogen and oxygen atoms in total. The second kappa shape index (κ2) is 7.38. The molecular formula is C20H18N2O4S2. The number of ether oxygens (including phenoxy) is 1. The normalized spacial score (nSPS) is 12.6. The van der Waals surface area contributed by atoms with Crippen molar-refractivity contribution in [3.8, 4) is 16.2 Å². The maximum absolute atomic E-state index is 12.5. The minimum Gasteiger partial charge on any atom is -0.488 e. The van der Waals surface area contributed by atoms with Crippen LogP contribution in [0.5, 0.6) is 5.75 Å². The van der Waals surface area contributed by atoms with Crippen molar-refractivity contribution in [2.24, 2.45) is 5.14 Å². The summed E-state index contributed by atoms with van der Waals surface area (Å²) >= 11 is 1.46. The first-order valence-electron chi connectivity index (χ1n) is 8.67. The maximum atomic E-state index is 12.5. The molecule has 28 heavy (non-hydrogen) atoms. The molecule has 0 saturated heterocycles. The van der Waals surface area contributed by atoms with Crippen molar-refractivity contribution >= 4 is 27.3 Å². The van der Waals surface area contributed by atoms with E-state index in [1.54, 1.807) is 12.1 Å². The number of hydrogen-bond donors (Lipinski definition) is 2. The summed E-state index contributed by atoms with van der Waals surface area (Å²) in [6.45, 7) is 0.912. The van der Waals surface area contributed by atoms with Crippen LogP contribution in [0.4, 0.5) is 0 Å². The van der Waals surface area contributed by atoms with Gasteiger partial charge in [0, 0.05) is 22.5 Å². The van der Waals surface area contributed by atoms with Gasteiger partial charge in [0.15, 0.2) is 0 Å². The van der Waals surface area contributed by atoms with Gasteiger partial charge in [0.2, 0.25) is 10.0 Å². The third-order valence-electron chi connectivity index (χ3n) is 4.50. The predicted octanol–water partition coefficient (Wildman–Crippen LogP) is 2.93. The number of thiophene rings is 1. The highest BCUT2D eigenvalue weighted by Gasteiger charge is 2.22. The summed E-state index contributed by atoms with van der Waals surface area (Å²) in [6, 6.07) is 16.0. The molecule has 3 aromatic rings. The van der Waals surface area contributed by atoms with Crippen molar-refractivity contribution in [1.29, 1.82) is 0 Å². The Morgan fingerprint density at radius 2 is 1.89 bits per heavy atom. The molecule has 0 saturated carbocycles. The fourth-order valence-electron chi connectivity index (χ4n) is 3.06. The van der Waals surface area contributed by atoms with Gasteiger partial charge in [-0.3, -0.25) is 4.79 Å². The third kappa shape index (κ3) is 3.80. The van der Waals surface area contributed by atoms with E-state index in [9.17, 15) is 13.2 Å². The van der Waals surface area contributed by atoms with E-state index in [-0.39, 0.29) is 10.8 Å². The molecule has 0 unspecified atom stereocenters. The predicted molar refractivity (Wildman–Crippen MR) is 108 cm³/mol. The Labute approximate surface area is 167 Å². The Morgan fingerprint density at radius 1 is 1.14 bits per heavy atom. The van der Waals surface area contributed by atoms with Crippen LogP contribution in [0.15, 0.2) is 59.5 Å². The van der Waals surface area contributed by atoms with Crippen molar-refractivity contribution < 1.29 is 17.9 Å². The van der Waals surface area contributed by atoms with Gasteiger partial charge in [-0.2, -0.15) is 0 Å². The molecule has 0 radical (unpaired) electrons. The second-order valence-corrected chi connectivity index (χ2v) is 9.06. The van der Waals surface area contributed by atoms with Gasteiger partial charge in [-0.15, -0.1) is 11.3 Å². The monoisotopic (exact) mass is 414 g/mol. The number of primary sulfonamides is 1. The molecule has 144 valence electrons. The molecule has 8 heteroatoms. The molecule has 0 bridgehead atoms. The zero-order valence-corrected chi connectivity index (χ0v) is 16.5. The zero-order valence-electron chi connectivity index (χ0n) is 14.8. The number of carbonyl (C=O) groups excluding carboxylic acids is 1. The zero-order chi connectivity index (χ0) is 19.7. The number of carbonyl (C=O) groups is 1. The molecule has 4 rings (SSSR count). The summed E-state index contributed by atoms with van der Waals surface area (Å²) in [5, 5.41) is 8.00. The van der Waals surface area contributed by atoms with E-state index >= 15 is 0 Å². The molecule has 2 heterocycles. The first-order chi connectivity index (χ1) is 13.4. The van der Waals surface area contributed by atoms with Crippen molar-refractivity contribution in [3.63, 3.8) is 0 Å². The highest BCUT2D eigenvalue weighted by Crippen LogP contribution is 2.42. The highest BCUT2D eigenvalue weighted by molar-refractivity contribution is 7.89. The highest BCUT2D eigenvalue weighted by atomic mass is 32.2. The maximum Gasteiger partial charge on any atom is 0.261 e. The molecular weight excluding hydrogens is 396 g/mol. The quantitative estimate of drug-likeness (QED) is 0.671. The van der Waals surface area contributed by atoms with Crippen molar-refractivity contribution in [1.82, 2.24) is 5.32 Å². The average molecular weight is 415 g/mol. The molecule has 0 aliphatic carbocycles. The summed E-state index contributed by atoms with van der Waals surface area (Å²) in [6.07, 6.45) is 0.591. The van der Waals surface area contributed by atoms with Crippen LogP contribution in [0.25, 0.3) is 10.4 Å². The number of sulfonamides is 1. The smallest absolute Gasteiger partial charge is 0.261 e. The van der Waals surface area contributed by atoms with Crippen molar-refractivity contribution in [3.05, 3.63) is 70.6 Å². The molecule has 1 amide bonds. The standard InChI is InChI=1S/C20H18N2O4S2/c21-28(24,25)15-7-5-13(6-8-15)9-10-22-20(23)18-11-14-12-26-17-4-2-1-3-16(17)19(14)27-18/h1-8,11H,9-10,12H2,(H,22,23)(H2,21,24,25). The van der Waals surface area contributed by atoms with E-state index in [4.69, 9.17) is 9.88 Å². The van der Waals surface area contributed by atoms with Gasteiger partial charge < -0.3 is 10.1 Å². The summed E-state index contributed by atoms with van der Waals surface area (Å²) in [4.78, 5) is 14.3. The van der Waals surface area contributed by atoms with E-state index in [1.165, 1.54) is 23.5 Å². The van der Waals surface area contributed by atoms with Crippen molar-refractivity contribution in [2.45, 2.75) is 17.9 Å². The van der Waals surface area contributed by atoms with E-state index in [2.05, 4.69) is 5.32 Å². The average Bonchev–Trinajstić information content (AvgIpc) is 3.13. The van der Waals surface area contributed by atoms with E-state index in [1.807, 2.05) is 30.3 Å². The summed E-state index contributed by atoms with van der Waals surface area (Å²) in [5.74, 6) is 0.713. The number of para-hydroxylation sites is 1. The number of nitrogens with two attached hydrogens (primary N) is 1. The minimum atomic E-state index is -3.69. The number of hydrogen-bond acceptors (Lipinski definition) is 5. The number of fused-ring (bicyclic) bond motifs is 3. The lowest BCUT2D eigenvalue weighted by atomic mass is 10.1. The van der Waals surface area contributed by atoms with Crippen LogP contribution in [0.3, 0.4) is 0 Å². The molecule has 2 aromatic carbocycles. The topological polar surface area (TPSA) is 98.5 Å². The van der Waals surface area contributed by atoms with E-state index in [0.29, 0.717) is 24.4 Å². The molecule has 1 aliphatic rings. The van der Waals surface area contributed by atoms with Gasteiger partial charge in [0.25, 0.3) is 5.91 Å². The summed E-state index contributed by atoms with van der Waals surface area (Å²) in [7, 11) is -3.69. The number of rotatable bonds is 5. The van der Waals surface area contributed by atoms with Crippen LogP contribution in [-0.4, -0.2) is 20.9 Å². The summed E-state index contributed by atoms with van der Waals surface area (Å²) < 4.78 is 28.3. The third-order valence-corrected chi connectivity index (χ3v) is 6.64. The number of amides is 1. The second-order valence-electron chi connectivity index (χ2n) is 6.44. The Bertz CT molecular complexity index is 1140. The van der Waals surface area contributed by atoms with Gasteiger partial charge in [-0.25, -0.2) is 13.6 Å². The van der Waals surface area contributed by atoms with Crippen LogP contribution in [0, 0.1) is 0 Å². The first-order valence-corrected chi connectivity index (χ1v) is 11.0. The Balaban J connectivity index is 1.40. The molecule has 0 fully saturated rings. The van der Waals surface area contributed by atoms with Gasteiger partial charge in [-0.1, -0.05) is 24.3 Å². The molecule has 1 aliphatic heterocycles. The summed E-state index contributed by atoms with van der Waals surface area (Å²) in [5.41, 5.74) is 2.95. The van der Waals surface area contributed by atoms with Gasteiger partial charge >= 0.3 is 0 Å². The van der Waals surface area contributed by atoms with Crippen molar-refractivity contribution in [2.75, 3.05) is 6.54 Å². The lowest BCUT2D eigenvalue weighted by molar-refractivity contribution is 0.0958. The van der Waals surface area contributed by atoms with Gasteiger partial charge in [-0.05, 0) is 42.3 Å². The fourth-order valence-corrected chi connectivity index (χ4v) is 4.69. The lowest BCUT2D eigenvalue weighted by Gasteiger charge is -2.16. The van der Waals surface area contributed by atoms with Crippen LogP contribution in [-0.2, 0) is 23.1 Å². The molecule has 3 N–H and O–H groups in total. The van der Waals surface area contributed by atoms with Crippen LogP contribution in [0.1, 0.15) is 20.8 Å². The van der Waals surface area contributed by atoms with Crippen LogP contribution >= 0.6 is 11.3 Å². The Kier molecular flexibility index (Phi) is 4.92. The first kappa shape index (κ1) is 18.7. The Hall–Kier alpha value is -2.68. The van der Waals surface area contributed by atoms with Crippen LogP contribution in [0.2, 0.25) is 0 Å². The van der Waals surface area contributed by atoms with E-state index < -0.39 is 10.0 Å². The fraction of sp³-hybridized carbons (Fsp3) is 0.150. The number of benzene rings is 2. The van der Waals surface area contributed by atoms with Gasteiger partial charge in [0.1, 0.15) is 12.4 Å².